The highest BCUT2D eigenvalue weighted by Gasteiger charge is 2.42. The van der Waals surface area contributed by atoms with Gasteiger partial charge >= 0.3 is 0 Å². The minimum atomic E-state index is -0.224. The number of carbonyl (C=O) groups excluding carboxylic acids is 1. The van der Waals surface area contributed by atoms with Crippen molar-refractivity contribution in [2.75, 3.05) is 0 Å². The van der Waals surface area contributed by atoms with Crippen LogP contribution in [-0.2, 0) is 4.79 Å². The molecule has 1 amide bonds. The zero-order valence-corrected chi connectivity index (χ0v) is 7.55. The zero-order chi connectivity index (χ0) is 9.00. The number of amides is 1. The molecule has 0 spiro atoms. The zero-order valence-electron chi connectivity index (χ0n) is 7.55. The summed E-state index contributed by atoms with van der Waals surface area (Å²) in [6.07, 6.45) is 6.92. The van der Waals surface area contributed by atoms with Gasteiger partial charge in [-0.25, -0.2) is 0 Å². The van der Waals surface area contributed by atoms with Crippen LogP contribution in [0.2, 0.25) is 0 Å². The van der Waals surface area contributed by atoms with Crippen LogP contribution in [0.4, 0.5) is 0 Å². The number of hydrogen-bond acceptors (Lipinski definition) is 1. The third-order valence-electron chi connectivity index (χ3n) is 3.76. The van der Waals surface area contributed by atoms with Crippen LogP contribution in [0.15, 0.2) is 22.8 Å². The highest BCUT2D eigenvalue weighted by molar-refractivity contribution is 5.98. The average Bonchev–Trinajstić information content (AvgIpc) is 2.76. The second-order valence-electron chi connectivity index (χ2n) is 4.33. The molecular formula is C11H13NO. The number of rotatable bonds is 1. The Labute approximate surface area is 77.5 Å². The van der Waals surface area contributed by atoms with E-state index < -0.39 is 0 Å². The van der Waals surface area contributed by atoms with E-state index in [2.05, 4.69) is 0 Å². The predicted molar refractivity (Wildman–Crippen MR) is 49.8 cm³/mol. The third-order valence-corrected chi connectivity index (χ3v) is 3.76. The molecule has 0 aromatic rings. The third kappa shape index (κ3) is 0.808. The van der Waals surface area contributed by atoms with Crippen molar-refractivity contribution < 1.29 is 4.79 Å². The first-order chi connectivity index (χ1) is 6.27. The smallest absolute Gasteiger partial charge is 0.248 e. The van der Waals surface area contributed by atoms with Gasteiger partial charge in [-0.1, -0.05) is 11.6 Å². The Morgan fingerprint density at radius 3 is 2.92 bits per heavy atom. The molecule has 2 bridgehead atoms. The van der Waals surface area contributed by atoms with Crippen molar-refractivity contribution >= 4 is 5.91 Å². The van der Waals surface area contributed by atoms with Crippen molar-refractivity contribution in [1.29, 1.82) is 0 Å². The van der Waals surface area contributed by atoms with E-state index in [4.69, 9.17) is 5.73 Å². The van der Waals surface area contributed by atoms with Gasteiger partial charge < -0.3 is 5.73 Å². The van der Waals surface area contributed by atoms with Gasteiger partial charge in [0.2, 0.25) is 5.91 Å². The molecule has 0 aliphatic heterocycles. The molecule has 0 aromatic heterocycles. The van der Waals surface area contributed by atoms with Crippen molar-refractivity contribution in [2.45, 2.75) is 25.7 Å². The maximum atomic E-state index is 11.1. The van der Waals surface area contributed by atoms with E-state index >= 15 is 0 Å². The summed E-state index contributed by atoms with van der Waals surface area (Å²) < 4.78 is 0. The Morgan fingerprint density at radius 1 is 1.38 bits per heavy atom. The van der Waals surface area contributed by atoms with Gasteiger partial charge in [-0.3, -0.25) is 4.79 Å². The van der Waals surface area contributed by atoms with Gasteiger partial charge in [-0.2, -0.15) is 0 Å². The number of carbonyl (C=O) groups is 1. The molecule has 3 aliphatic carbocycles. The molecule has 2 heteroatoms. The molecule has 1 saturated carbocycles. The van der Waals surface area contributed by atoms with Crippen LogP contribution in [0.5, 0.6) is 0 Å². The number of fused-ring (bicyclic) bond motifs is 4. The largest absolute Gasteiger partial charge is 0.366 e. The van der Waals surface area contributed by atoms with Crippen molar-refractivity contribution in [2.24, 2.45) is 17.6 Å². The standard InChI is InChI=1S/C11H13NO/c12-11(13)9-4-3-8-6-1-2-7(5-6)10(8)9/h4,6-7H,1-3,5H2,(H2,12,13). The molecule has 68 valence electrons. The van der Waals surface area contributed by atoms with Gasteiger partial charge in [-0.15, -0.1) is 0 Å². The topological polar surface area (TPSA) is 43.1 Å². The van der Waals surface area contributed by atoms with E-state index in [1.807, 2.05) is 6.08 Å². The Balaban J connectivity index is 2.05. The van der Waals surface area contributed by atoms with E-state index in [0.717, 1.165) is 17.9 Å². The average molecular weight is 175 g/mol. The minimum absolute atomic E-state index is 0.224. The van der Waals surface area contributed by atoms with Crippen molar-refractivity contribution in [3.8, 4) is 0 Å². The molecule has 2 unspecified atom stereocenters. The fourth-order valence-electron chi connectivity index (χ4n) is 3.27. The fourth-order valence-corrected chi connectivity index (χ4v) is 3.27. The first kappa shape index (κ1) is 7.36. The van der Waals surface area contributed by atoms with Crippen molar-refractivity contribution in [1.82, 2.24) is 0 Å². The summed E-state index contributed by atoms with van der Waals surface area (Å²) in [5.41, 5.74) is 9.05. The van der Waals surface area contributed by atoms with Gasteiger partial charge in [0.1, 0.15) is 0 Å². The predicted octanol–water partition coefficient (Wildman–Crippen LogP) is 1.53. The van der Waals surface area contributed by atoms with Crippen molar-refractivity contribution in [3.63, 3.8) is 0 Å². The summed E-state index contributed by atoms with van der Waals surface area (Å²) in [5.74, 6) is 1.23. The fraction of sp³-hybridized carbons (Fsp3) is 0.545. The maximum Gasteiger partial charge on any atom is 0.248 e. The van der Waals surface area contributed by atoms with E-state index in [-0.39, 0.29) is 5.91 Å². The highest BCUT2D eigenvalue weighted by atomic mass is 16.1. The summed E-state index contributed by atoms with van der Waals surface area (Å²) in [5, 5.41) is 0. The molecule has 1 fully saturated rings. The van der Waals surface area contributed by atoms with Gasteiger partial charge in [-0.05, 0) is 43.1 Å². The Hall–Kier alpha value is -1.05. The lowest BCUT2D eigenvalue weighted by atomic mass is 9.90. The van der Waals surface area contributed by atoms with E-state index in [1.165, 1.54) is 30.4 Å². The summed E-state index contributed by atoms with van der Waals surface area (Å²) in [6, 6.07) is 0. The van der Waals surface area contributed by atoms with Crippen LogP contribution < -0.4 is 5.73 Å². The highest BCUT2D eigenvalue weighted by Crippen LogP contribution is 2.54. The summed E-state index contributed by atoms with van der Waals surface area (Å²) >= 11 is 0. The van der Waals surface area contributed by atoms with Crippen LogP contribution >= 0.6 is 0 Å². The Bertz CT molecular complexity index is 351. The molecule has 2 atom stereocenters. The van der Waals surface area contributed by atoms with Crippen LogP contribution in [0, 0.1) is 11.8 Å². The number of nitrogens with two attached hydrogens (primary N) is 1. The van der Waals surface area contributed by atoms with Gasteiger partial charge in [0.15, 0.2) is 0 Å². The molecule has 2 nitrogen and oxygen atoms in total. The first-order valence-electron chi connectivity index (χ1n) is 5.00. The summed E-state index contributed by atoms with van der Waals surface area (Å²) in [6.45, 7) is 0. The quantitative estimate of drug-likeness (QED) is 0.645. The number of allylic oxidation sites excluding steroid dienone is 2. The minimum Gasteiger partial charge on any atom is -0.366 e. The van der Waals surface area contributed by atoms with Crippen molar-refractivity contribution in [3.05, 3.63) is 22.8 Å². The van der Waals surface area contributed by atoms with Crippen LogP contribution in [0.3, 0.4) is 0 Å². The SMILES string of the molecule is NC(=O)C1=CCC2=C1C1CCC2C1. The Kier molecular flexibility index (Phi) is 1.27. The monoisotopic (exact) mass is 175 g/mol. The van der Waals surface area contributed by atoms with Gasteiger partial charge in [0, 0.05) is 5.57 Å². The van der Waals surface area contributed by atoms with Gasteiger partial charge in [0.25, 0.3) is 0 Å². The van der Waals surface area contributed by atoms with Gasteiger partial charge in [0.05, 0.1) is 0 Å². The van der Waals surface area contributed by atoms with E-state index in [9.17, 15) is 4.79 Å². The molecular weight excluding hydrogens is 162 g/mol. The molecule has 3 aliphatic rings. The maximum absolute atomic E-state index is 11.1. The Morgan fingerprint density at radius 2 is 2.15 bits per heavy atom. The molecule has 0 radical (unpaired) electrons. The normalized spacial score (nSPS) is 35.2. The molecule has 0 saturated heterocycles. The first-order valence-corrected chi connectivity index (χ1v) is 5.00. The lowest BCUT2D eigenvalue weighted by Gasteiger charge is -2.14. The lowest BCUT2D eigenvalue weighted by Crippen LogP contribution is -2.16. The number of primary amides is 1. The molecule has 13 heavy (non-hydrogen) atoms. The number of hydrogen-bond donors (Lipinski definition) is 1. The molecule has 0 heterocycles. The van der Waals surface area contributed by atoms with E-state index in [0.29, 0.717) is 5.92 Å². The second kappa shape index (κ2) is 2.25. The molecule has 3 rings (SSSR count). The van der Waals surface area contributed by atoms with Crippen LogP contribution in [0.25, 0.3) is 0 Å². The molecule has 2 N–H and O–H groups in total. The lowest BCUT2D eigenvalue weighted by molar-refractivity contribution is -0.114. The van der Waals surface area contributed by atoms with Crippen LogP contribution in [0.1, 0.15) is 25.7 Å². The van der Waals surface area contributed by atoms with Crippen LogP contribution in [-0.4, -0.2) is 5.91 Å². The second-order valence-corrected chi connectivity index (χ2v) is 4.33. The summed E-state index contributed by atoms with van der Waals surface area (Å²) in [7, 11) is 0. The van der Waals surface area contributed by atoms with E-state index in [1.54, 1.807) is 0 Å². The summed E-state index contributed by atoms with van der Waals surface area (Å²) in [4.78, 5) is 11.1. The molecule has 0 aromatic carbocycles.